The molecule has 0 saturated heterocycles. The van der Waals surface area contributed by atoms with Gasteiger partial charge in [-0.25, -0.2) is 0 Å². The molecule has 0 aliphatic heterocycles. The summed E-state index contributed by atoms with van der Waals surface area (Å²) in [6.07, 6.45) is 0. The fourth-order valence-electron chi connectivity index (χ4n) is 4.39. The molecule has 0 amide bonds. The number of hydrogen-bond acceptors (Lipinski definition) is 4. The van der Waals surface area contributed by atoms with Crippen LogP contribution in [-0.2, 0) is 4.18 Å². The normalized spacial score (nSPS) is 12.9. The van der Waals surface area contributed by atoms with Gasteiger partial charge in [0.25, 0.3) is 0 Å². The SMILES string of the molecule is CC(C)(O)C(C)(C)OSc1ccc2c(c1)oc1ccc(-n3c4ccccc4c4ccccc43)cc12. The van der Waals surface area contributed by atoms with E-state index in [4.69, 9.17) is 8.60 Å². The van der Waals surface area contributed by atoms with Crippen molar-refractivity contribution in [1.29, 1.82) is 0 Å². The summed E-state index contributed by atoms with van der Waals surface area (Å²) < 4.78 is 14.5. The molecule has 6 rings (SSSR count). The number of nitrogens with zero attached hydrogens (tertiary/aromatic N) is 1. The molecule has 1 N–H and O–H groups in total. The third-order valence-electron chi connectivity index (χ3n) is 7.08. The summed E-state index contributed by atoms with van der Waals surface area (Å²) >= 11 is 1.26. The van der Waals surface area contributed by atoms with Gasteiger partial charge in [-0.3, -0.25) is 0 Å². The predicted octanol–water partition coefficient (Wildman–Crippen LogP) is 8.26. The van der Waals surface area contributed by atoms with Crippen LogP contribution in [0.4, 0.5) is 0 Å². The molecular formula is C30H27NO3S. The second-order valence-electron chi connectivity index (χ2n) is 10.0. The number of furan rings is 1. The van der Waals surface area contributed by atoms with Gasteiger partial charge in [-0.15, -0.1) is 0 Å². The molecule has 35 heavy (non-hydrogen) atoms. The molecule has 6 aromatic rings. The molecule has 0 unspecified atom stereocenters. The van der Waals surface area contributed by atoms with Crippen LogP contribution < -0.4 is 0 Å². The summed E-state index contributed by atoms with van der Waals surface area (Å²) in [7, 11) is 0. The van der Waals surface area contributed by atoms with Crippen molar-refractivity contribution in [2.75, 3.05) is 0 Å². The van der Waals surface area contributed by atoms with E-state index < -0.39 is 11.2 Å². The van der Waals surface area contributed by atoms with Crippen LogP contribution in [0.25, 0.3) is 49.4 Å². The first-order chi connectivity index (χ1) is 16.7. The summed E-state index contributed by atoms with van der Waals surface area (Å²) in [4.78, 5) is 0.927. The maximum Gasteiger partial charge on any atom is 0.136 e. The van der Waals surface area contributed by atoms with E-state index in [1.807, 2.05) is 26.0 Å². The lowest BCUT2D eigenvalue weighted by atomic mass is 9.90. The summed E-state index contributed by atoms with van der Waals surface area (Å²) in [6.45, 7) is 7.28. The van der Waals surface area contributed by atoms with Gasteiger partial charge in [0, 0.05) is 44.2 Å². The second-order valence-corrected chi connectivity index (χ2v) is 10.9. The van der Waals surface area contributed by atoms with Crippen LogP contribution in [0.3, 0.4) is 0 Å². The molecule has 176 valence electrons. The third kappa shape index (κ3) is 3.62. The molecule has 4 nitrogen and oxygen atoms in total. The lowest BCUT2D eigenvalue weighted by Crippen LogP contribution is -2.45. The first-order valence-corrected chi connectivity index (χ1v) is 12.5. The molecule has 4 aromatic carbocycles. The molecule has 0 bridgehead atoms. The lowest BCUT2D eigenvalue weighted by molar-refractivity contribution is -0.0813. The average molecular weight is 482 g/mol. The van der Waals surface area contributed by atoms with Gasteiger partial charge >= 0.3 is 0 Å². The Balaban J connectivity index is 1.44. The van der Waals surface area contributed by atoms with Crippen molar-refractivity contribution in [2.24, 2.45) is 0 Å². The Kier molecular flexibility index (Phi) is 5.01. The number of rotatable bonds is 5. The minimum absolute atomic E-state index is 0.711. The first kappa shape index (κ1) is 22.2. The number of aliphatic hydroxyl groups is 1. The Morgan fingerprint density at radius 1 is 0.714 bits per heavy atom. The molecule has 2 heterocycles. The lowest BCUT2D eigenvalue weighted by Gasteiger charge is -2.35. The van der Waals surface area contributed by atoms with Crippen LogP contribution in [0.5, 0.6) is 0 Å². The smallest absolute Gasteiger partial charge is 0.136 e. The van der Waals surface area contributed by atoms with Gasteiger partial charge < -0.3 is 18.3 Å². The largest absolute Gasteiger partial charge is 0.456 e. The Labute approximate surface area is 208 Å². The van der Waals surface area contributed by atoms with Crippen LogP contribution in [0, 0.1) is 0 Å². The van der Waals surface area contributed by atoms with E-state index in [2.05, 4.69) is 77.4 Å². The third-order valence-corrected chi connectivity index (χ3v) is 8.03. The highest BCUT2D eigenvalue weighted by molar-refractivity contribution is 7.94. The number of aromatic nitrogens is 1. The van der Waals surface area contributed by atoms with Crippen molar-refractivity contribution in [1.82, 2.24) is 4.57 Å². The molecule has 0 aliphatic rings. The topological polar surface area (TPSA) is 47.5 Å². The summed E-state index contributed by atoms with van der Waals surface area (Å²) in [5.74, 6) is 0. The summed E-state index contributed by atoms with van der Waals surface area (Å²) in [6, 6.07) is 29.6. The molecule has 0 atom stereocenters. The van der Waals surface area contributed by atoms with Gasteiger partial charge in [0.1, 0.15) is 16.8 Å². The minimum Gasteiger partial charge on any atom is -0.456 e. The van der Waals surface area contributed by atoms with E-state index in [0.29, 0.717) is 0 Å². The Bertz CT molecular complexity index is 1670. The Hall–Kier alpha value is -3.25. The van der Waals surface area contributed by atoms with Gasteiger partial charge in [0.15, 0.2) is 0 Å². The highest BCUT2D eigenvalue weighted by Crippen LogP contribution is 2.38. The van der Waals surface area contributed by atoms with E-state index in [1.54, 1.807) is 13.8 Å². The maximum atomic E-state index is 10.4. The van der Waals surface area contributed by atoms with Gasteiger partial charge in [0.2, 0.25) is 0 Å². The highest BCUT2D eigenvalue weighted by Gasteiger charge is 2.37. The van der Waals surface area contributed by atoms with Crippen molar-refractivity contribution >= 4 is 55.8 Å². The van der Waals surface area contributed by atoms with E-state index in [9.17, 15) is 5.11 Å². The quantitative estimate of drug-likeness (QED) is 0.252. The van der Waals surface area contributed by atoms with Crippen LogP contribution in [0.1, 0.15) is 27.7 Å². The van der Waals surface area contributed by atoms with E-state index >= 15 is 0 Å². The fraction of sp³-hybridized carbons (Fsp3) is 0.200. The number of fused-ring (bicyclic) bond motifs is 6. The van der Waals surface area contributed by atoms with E-state index in [-0.39, 0.29) is 0 Å². The number of benzene rings is 4. The van der Waals surface area contributed by atoms with Crippen LogP contribution in [-0.4, -0.2) is 20.9 Å². The zero-order valence-corrected chi connectivity index (χ0v) is 21.0. The Morgan fingerprint density at radius 3 is 2.03 bits per heavy atom. The Morgan fingerprint density at radius 2 is 1.37 bits per heavy atom. The number of para-hydroxylation sites is 2. The summed E-state index contributed by atoms with van der Waals surface area (Å²) in [5.41, 5.74) is 3.46. The van der Waals surface area contributed by atoms with E-state index in [0.717, 1.165) is 32.5 Å². The van der Waals surface area contributed by atoms with Gasteiger partial charge in [-0.2, -0.15) is 0 Å². The van der Waals surface area contributed by atoms with Crippen LogP contribution >= 0.6 is 12.0 Å². The molecule has 5 heteroatoms. The van der Waals surface area contributed by atoms with Gasteiger partial charge in [-0.1, -0.05) is 36.4 Å². The van der Waals surface area contributed by atoms with Crippen molar-refractivity contribution in [3.05, 3.63) is 84.9 Å². The van der Waals surface area contributed by atoms with Crippen molar-refractivity contribution in [3.63, 3.8) is 0 Å². The average Bonchev–Trinajstić information content (AvgIpc) is 3.37. The number of hydrogen-bond donors (Lipinski definition) is 1. The van der Waals surface area contributed by atoms with Crippen molar-refractivity contribution in [3.8, 4) is 5.69 Å². The second kappa shape index (κ2) is 7.89. The molecular weight excluding hydrogens is 454 g/mol. The van der Waals surface area contributed by atoms with Crippen LogP contribution in [0.15, 0.2) is 94.2 Å². The minimum atomic E-state index is -0.966. The molecule has 0 radical (unpaired) electrons. The predicted molar refractivity (Wildman–Crippen MR) is 145 cm³/mol. The standard InChI is InChI=1S/C30H27NO3S/c1-29(2,32)30(3,4)34-35-20-14-15-23-24-17-19(13-16-27(24)33-28(23)18-20)31-25-11-7-5-9-21(25)22-10-6-8-12-26(22)31/h5-18,32H,1-4H3. The monoisotopic (exact) mass is 481 g/mol. The van der Waals surface area contributed by atoms with Crippen molar-refractivity contribution < 1.29 is 13.7 Å². The zero-order valence-electron chi connectivity index (χ0n) is 20.2. The molecule has 0 saturated carbocycles. The molecule has 2 aromatic heterocycles. The summed E-state index contributed by atoms with van der Waals surface area (Å²) in [5, 5.41) is 15.0. The molecule has 0 fully saturated rings. The zero-order chi connectivity index (χ0) is 24.4. The fourth-order valence-corrected chi connectivity index (χ4v) is 5.18. The molecule has 0 spiro atoms. The van der Waals surface area contributed by atoms with Gasteiger partial charge in [-0.05, 0) is 76.2 Å². The maximum absolute atomic E-state index is 10.4. The van der Waals surface area contributed by atoms with Crippen LogP contribution in [0.2, 0.25) is 0 Å². The van der Waals surface area contributed by atoms with Gasteiger partial charge in [0.05, 0.1) is 16.6 Å². The highest BCUT2D eigenvalue weighted by atomic mass is 32.2. The first-order valence-electron chi connectivity index (χ1n) is 11.8. The van der Waals surface area contributed by atoms with Crippen molar-refractivity contribution in [2.45, 2.75) is 43.8 Å². The van der Waals surface area contributed by atoms with E-state index in [1.165, 1.54) is 33.8 Å². The molecule has 0 aliphatic carbocycles.